The van der Waals surface area contributed by atoms with E-state index in [0.29, 0.717) is 12.8 Å². The lowest BCUT2D eigenvalue weighted by molar-refractivity contribution is -0.162. The Balaban J connectivity index is 1.83. The number of likely N-dealkylation sites (tertiary alicyclic amines) is 1. The number of anilines is 1. The summed E-state index contributed by atoms with van der Waals surface area (Å²) in [5.41, 5.74) is 2.80. The molecule has 1 saturated heterocycles. The van der Waals surface area contributed by atoms with Gasteiger partial charge in [-0.1, -0.05) is 17.7 Å². The molecule has 1 heterocycles. The molecule has 0 unspecified atom stereocenters. The van der Waals surface area contributed by atoms with Crippen LogP contribution in [0.1, 0.15) is 24.0 Å². The first kappa shape index (κ1) is 19.1. The summed E-state index contributed by atoms with van der Waals surface area (Å²) in [6.07, 6.45) is -4.76. The van der Waals surface area contributed by atoms with Crippen molar-refractivity contribution in [3.8, 4) is 0 Å². The van der Waals surface area contributed by atoms with Gasteiger partial charge in [0.1, 0.15) is 0 Å². The van der Waals surface area contributed by atoms with Gasteiger partial charge in [-0.05, 0) is 38.3 Å². The molecule has 0 bridgehead atoms. The van der Waals surface area contributed by atoms with Crippen LogP contribution in [0.3, 0.4) is 0 Å². The molecule has 1 aromatic rings. The molecule has 2 amide bonds. The van der Waals surface area contributed by atoms with Crippen LogP contribution in [0.4, 0.5) is 23.7 Å². The quantitative estimate of drug-likeness (QED) is 0.897. The van der Waals surface area contributed by atoms with Gasteiger partial charge in [0.25, 0.3) is 0 Å². The summed E-state index contributed by atoms with van der Waals surface area (Å²) in [5, 5.41) is 2.87. The lowest BCUT2D eigenvalue weighted by Crippen LogP contribution is -2.42. The minimum atomic E-state index is -4.54. The highest BCUT2D eigenvalue weighted by molar-refractivity contribution is 5.93. The highest BCUT2D eigenvalue weighted by atomic mass is 19.4. The Morgan fingerprint density at radius 2 is 1.88 bits per heavy atom. The van der Waals surface area contributed by atoms with Gasteiger partial charge in [-0.2, -0.15) is 13.2 Å². The van der Waals surface area contributed by atoms with Crippen molar-refractivity contribution in [2.45, 2.75) is 32.9 Å². The number of hydrogen-bond acceptors (Lipinski definition) is 3. The van der Waals surface area contributed by atoms with E-state index in [1.54, 1.807) is 0 Å². The second-order valence-electron chi connectivity index (χ2n) is 6.24. The maximum Gasteiger partial charge on any atom is 0.422 e. The third-order valence-corrected chi connectivity index (χ3v) is 4.12. The predicted molar refractivity (Wildman–Crippen MR) is 86.2 cm³/mol. The third kappa shape index (κ3) is 5.65. The van der Waals surface area contributed by atoms with E-state index in [9.17, 15) is 22.8 Å². The number of amides is 2. The number of halogens is 3. The van der Waals surface area contributed by atoms with Crippen LogP contribution in [0.25, 0.3) is 0 Å². The molecule has 0 spiro atoms. The molecule has 25 heavy (non-hydrogen) atoms. The average Bonchev–Trinajstić information content (AvgIpc) is 2.54. The Morgan fingerprint density at radius 3 is 2.44 bits per heavy atom. The number of carbonyl (C=O) groups excluding carboxylic acids is 2. The van der Waals surface area contributed by atoms with Crippen LogP contribution in [0.5, 0.6) is 0 Å². The van der Waals surface area contributed by atoms with E-state index in [0.717, 1.165) is 16.8 Å². The predicted octanol–water partition coefficient (Wildman–Crippen LogP) is 3.65. The van der Waals surface area contributed by atoms with Crippen LogP contribution < -0.4 is 5.32 Å². The maximum atomic E-state index is 12.3. The van der Waals surface area contributed by atoms with Crippen molar-refractivity contribution in [2.24, 2.45) is 5.92 Å². The summed E-state index contributed by atoms with van der Waals surface area (Å²) in [7, 11) is 0. The number of ether oxygens (including phenoxy) is 1. The second-order valence-corrected chi connectivity index (χ2v) is 6.24. The number of nitrogens with zero attached hydrogens (tertiary/aromatic N) is 1. The Bertz CT molecular complexity index is 639. The van der Waals surface area contributed by atoms with Crippen molar-refractivity contribution < 1.29 is 27.5 Å². The molecule has 0 saturated carbocycles. The molecule has 1 aromatic carbocycles. The van der Waals surface area contributed by atoms with Gasteiger partial charge in [0.05, 0.1) is 0 Å². The molecular formula is C17H21F3N2O3. The summed E-state index contributed by atoms with van der Waals surface area (Å²) < 4.78 is 40.4. The smallest absolute Gasteiger partial charge is 0.422 e. The summed E-state index contributed by atoms with van der Waals surface area (Å²) in [6.45, 7) is 2.66. The summed E-state index contributed by atoms with van der Waals surface area (Å²) in [4.78, 5) is 25.1. The maximum absolute atomic E-state index is 12.3. The van der Waals surface area contributed by atoms with E-state index in [4.69, 9.17) is 0 Å². The van der Waals surface area contributed by atoms with Gasteiger partial charge < -0.3 is 15.0 Å². The van der Waals surface area contributed by atoms with E-state index < -0.39 is 18.9 Å². The molecule has 138 valence electrons. The molecule has 8 heteroatoms. The molecule has 1 aliphatic heterocycles. The summed E-state index contributed by atoms with van der Waals surface area (Å²) in [6, 6.07) is 5.71. The first-order valence-corrected chi connectivity index (χ1v) is 8.02. The number of carbonyl (C=O) groups is 2. The lowest BCUT2D eigenvalue weighted by atomic mass is 9.96. The van der Waals surface area contributed by atoms with Crippen LogP contribution in [0.2, 0.25) is 0 Å². The van der Waals surface area contributed by atoms with Gasteiger partial charge in [0.15, 0.2) is 6.61 Å². The molecule has 0 atom stereocenters. The zero-order chi connectivity index (χ0) is 18.6. The minimum Gasteiger partial charge on any atom is -0.440 e. The largest absolute Gasteiger partial charge is 0.440 e. The molecule has 1 N–H and O–H groups in total. The Kier molecular flexibility index (Phi) is 5.92. The van der Waals surface area contributed by atoms with E-state index >= 15 is 0 Å². The van der Waals surface area contributed by atoms with Gasteiger partial charge in [-0.3, -0.25) is 4.79 Å². The average molecular weight is 358 g/mol. The number of alkyl halides is 3. The standard InChI is InChI=1S/C17H21F3N2O3/c1-11-3-4-14(12(2)9-11)21-15(23)13-5-7-22(8-6-13)16(24)25-10-17(18,19)20/h3-4,9,13H,5-8,10H2,1-2H3,(H,21,23). The van der Waals surface area contributed by atoms with Crippen LogP contribution in [0.15, 0.2) is 18.2 Å². The van der Waals surface area contributed by atoms with Gasteiger partial charge in [-0.15, -0.1) is 0 Å². The zero-order valence-electron chi connectivity index (χ0n) is 14.2. The van der Waals surface area contributed by atoms with E-state index in [-0.39, 0.29) is 24.9 Å². The van der Waals surface area contributed by atoms with Crippen molar-refractivity contribution in [1.82, 2.24) is 4.90 Å². The number of benzene rings is 1. The van der Waals surface area contributed by atoms with E-state index in [1.807, 2.05) is 32.0 Å². The molecule has 1 fully saturated rings. The van der Waals surface area contributed by atoms with Crippen LogP contribution in [0, 0.1) is 19.8 Å². The Hall–Kier alpha value is -2.25. The fraction of sp³-hybridized carbons (Fsp3) is 0.529. The van der Waals surface area contributed by atoms with Crippen molar-refractivity contribution in [1.29, 1.82) is 0 Å². The monoisotopic (exact) mass is 358 g/mol. The zero-order valence-corrected chi connectivity index (χ0v) is 14.2. The molecule has 2 rings (SSSR count). The summed E-state index contributed by atoms with van der Waals surface area (Å²) in [5.74, 6) is -0.428. The van der Waals surface area contributed by atoms with Crippen molar-refractivity contribution in [3.63, 3.8) is 0 Å². The fourth-order valence-corrected chi connectivity index (χ4v) is 2.75. The lowest BCUT2D eigenvalue weighted by Gasteiger charge is -2.30. The molecule has 5 nitrogen and oxygen atoms in total. The topological polar surface area (TPSA) is 58.6 Å². The molecule has 1 aliphatic rings. The number of nitrogens with one attached hydrogen (secondary N) is 1. The van der Waals surface area contributed by atoms with Gasteiger partial charge in [-0.25, -0.2) is 4.79 Å². The van der Waals surface area contributed by atoms with Crippen molar-refractivity contribution >= 4 is 17.7 Å². The Labute approximate surface area is 144 Å². The highest BCUT2D eigenvalue weighted by Crippen LogP contribution is 2.23. The van der Waals surface area contributed by atoms with Crippen molar-refractivity contribution in [2.75, 3.05) is 25.0 Å². The number of piperidine rings is 1. The van der Waals surface area contributed by atoms with Gasteiger partial charge >= 0.3 is 12.3 Å². The van der Waals surface area contributed by atoms with E-state index in [2.05, 4.69) is 10.1 Å². The number of aryl methyl sites for hydroxylation is 2. The second kappa shape index (κ2) is 7.76. The van der Waals surface area contributed by atoms with Crippen LogP contribution in [-0.2, 0) is 9.53 Å². The van der Waals surface area contributed by atoms with Gasteiger partial charge in [0, 0.05) is 24.7 Å². The SMILES string of the molecule is Cc1ccc(NC(=O)C2CCN(C(=O)OCC(F)(F)F)CC2)c(C)c1. The first-order chi connectivity index (χ1) is 11.7. The van der Waals surface area contributed by atoms with E-state index in [1.165, 1.54) is 4.90 Å². The Morgan fingerprint density at radius 1 is 1.24 bits per heavy atom. The van der Waals surface area contributed by atoms with Crippen LogP contribution >= 0.6 is 0 Å². The third-order valence-electron chi connectivity index (χ3n) is 4.12. The van der Waals surface area contributed by atoms with Crippen LogP contribution in [-0.4, -0.2) is 42.8 Å². The molecular weight excluding hydrogens is 337 g/mol. The number of hydrogen-bond donors (Lipinski definition) is 1. The number of rotatable bonds is 3. The fourth-order valence-electron chi connectivity index (χ4n) is 2.75. The highest BCUT2D eigenvalue weighted by Gasteiger charge is 2.33. The molecule has 0 radical (unpaired) electrons. The molecule has 0 aromatic heterocycles. The molecule has 0 aliphatic carbocycles. The van der Waals surface area contributed by atoms with Gasteiger partial charge in [0.2, 0.25) is 5.91 Å². The minimum absolute atomic E-state index is 0.143. The first-order valence-electron chi connectivity index (χ1n) is 8.02. The normalized spacial score (nSPS) is 15.8. The summed E-state index contributed by atoms with van der Waals surface area (Å²) >= 11 is 0. The van der Waals surface area contributed by atoms with Crippen molar-refractivity contribution in [3.05, 3.63) is 29.3 Å².